The summed E-state index contributed by atoms with van der Waals surface area (Å²) in [5.41, 5.74) is 1.59. The molecule has 0 radical (unpaired) electrons. The fraction of sp³-hybridized carbons (Fsp3) is 0.0667. The van der Waals surface area contributed by atoms with Crippen molar-refractivity contribution in [1.29, 1.82) is 5.26 Å². The highest BCUT2D eigenvalue weighted by Crippen LogP contribution is 2.26. The molecular formula is C15H9ClN4O2. The average molecular weight is 313 g/mol. The number of methoxy groups -OCH3 is 1. The van der Waals surface area contributed by atoms with E-state index in [-0.39, 0.29) is 5.89 Å². The molecule has 1 aromatic carbocycles. The van der Waals surface area contributed by atoms with E-state index in [4.69, 9.17) is 26.1 Å². The third-order valence-electron chi connectivity index (χ3n) is 2.90. The number of nitriles is 1. The van der Waals surface area contributed by atoms with E-state index in [1.54, 1.807) is 30.3 Å². The summed E-state index contributed by atoms with van der Waals surface area (Å²) in [6, 6.07) is 10.5. The Kier molecular flexibility index (Phi) is 3.73. The van der Waals surface area contributed by atoms with Crippen LogP contribution in [-0.2, 0) is 0 Å². The van der Waals surface area contributed by atoms with E-state index in [0.717, 1.165) is 0 Å². The van der Waals surface area contributed by atoms with Gasteiger partial charge in [-0.1, -0.05) is 16.8 Å². The van der Waals surface area contributed by atoms with Crippen LogP contribution >= 0.6 is 11.6 Å². The lowest BCUT2D eigenvalue weighted by molar-refractivity contribution is 0.414. The van der Waals surface area contributed by atoms with Gasteiger partial charge < -0.3 is 9.26 Å². The van der Waals surface area contributed by atoms with Crippen LogP contribution < -0.4 is 4.74 Å². The van der Waals surface area contributed by atoms with Crippen LogP contribution in [0.1, 0.15) is 5.56 Å². The summed E-state index contributed by atoms with van der Waals surface area (Å²) in [5, 5.41) is 13.5. The molecule has 108 valence electrons. The lowest BCUT2D eigenvalue weighted by Gasteiger charge is -2.02. The number of aromatic nitrogens is 3. The van der Waals surface area contributed by atoms with Gasteiger partial charge >= 0.3 is 0 Å². The molecule has 2 heterocycles. The van der Waals surface area contributed by atoms with Gasteiger partial charge in [-0.15, -0.1) is 0 Å². The summed E-state index contributed by atoms with van der Waals surface area (Å²) in [6.45, 7) is 0. The number of benzene rings is 1. The van der Waals surface area contributed by atoms with E-state index in [0.29, 0.717) is 33.4 Å². The van der Waals surface area contributed by atoms with Gasteiger partial charge in [-0.25, -0.2) is 4.98 Å². The molecule has 0 amide bonds. The Morgan fingerprint density at radius 3 is 2.82 bits per heavy atom. The van der Waals surface area contributed by atoms with Crippen LogP contribution in [0.5, 0.6) is 5.75 Å². The van der Waals surface area contributed by atoms with Crippen LogP contribution in [0.25, 0.3) is 23.0 Å². The quantitative estimate of drug-likeness (QED) is 0.737. The number of pyridine rings is 1. The van der Waals surface area contributed by atoms with Gasteiger partial charge in [0.05, 0.1) is 23.8 Å². The lowest BCUT2D eigenvalue weighted by atomic mass is 10.1. The lowest BCUT2D eigenvalue weighted by Crippen LogP contribution is -1.88. The molecule has 2 aromatic heterocycles. The number of halogens is 1. The van der Waals surface area contributed by atoms with Crippen molar-refractivity contribution in [2.24, 2.45) is 0 Å². The third kappa shape index (κ3) is 2.75. The number of rotatable bonds is 3. The molecule has 22 heavy (non-hydrogen) atoms. The van der Waals surface area contributed by atoms with Crippen molar-refractivity contribution in [3.05, 3.63) is 47.1 Å². The van der Waals surface area contributed by atoms with Gasteiger partial charge in [0.15, 0.2) is 0 Å². The van der Waals surface area contributed by atoms with Crippen LogP contribution in [0.15, 0.2) is 41.1 Å². The van der Waals surface area contributed by atoms with Crippen molar-refractivity contribution in [3.8, 4) is 34.8 Å². The van der Waals surface area contributed by atoms with Gasteiger partial charge in [-0.2, -0.15) is 10.2 Å². The van der Waals surface area contributed by atoms with E-state index < -0.39 is 0 Å². The second-order valence-electron chi connectivity index (χ2n) is 4.35. The first kappa shape index (κ1) is 14.0. The number of hydrogen-bond donors (Lipinski definition) is 0. The molecule has 3 rings (SSSR count). The Morgan fingerprint density at radius 1 is 1.27 bits per heavy atom. The Morgan fingerprint density at radius 2 is 2.14 bits per heavy atom. The van der Waals surface area contributed by atoms with Crippen molar-refractivity contribution in [1.82, 2.24) is 15.1 Å². The molecule has 0 fully saturated rings. The Labute approximate surface area is 130 Å². The highest BCUT2D eigenvalue weighted by Gasteiger charge is 2.13. The fourth-order valence-corrected chi connectivity index (χ4v) is 1.97. The Balaban J connectivity index is 2.00. The van der Waals surface area contributed by atoms with E-state index in [2.05, 4.69) is 21.2 Å². The second-order valence-corrected chi connectivity index (χ2v) is 4.78. The van der Waals surface area contributed by atoms with Gasteiger partial charge in [-0.3, -0.25) is 0 Å². The minimum atomic E-state index is 0.271. The highest BCUT2D eigenvalue weighted by atomic mass is 35.5. The van der Waals surface area contributed by atoms with Crippen LogP contribution in [-0.4, -0.2) is 22.2 Å². The van der Waals surface area contributed by atoms with Crippen molar-refractivity contribution in [2.75, 3.05) is 7.11 Å². The number of hydrogen-bond acceptors (Lipinski definition) is 6. The molecule has 0 saturated carbocycles. The summed E-state index contributed by atoms with van der Waals surface area (Å²) < 4.78 is 10.4. The van der Waals surface area contributed by atoms with E-state index in [1.165, 1.54) is 13.3 Å². The van der Waals surface area contributed by atoms with Crippen molar-refractivity contribution >= 4 is 11.6 Å². The average Bonchev–Trinajstić information content (AvgIpc) is 3.05. The molecule has 0 bridgehead atoms. The van der Waals surface area contributed by atoms with Gasteiger partial charge in [0, 0.05) is 11.8 Å². The molecule has 0 N–H and O–H groups in total. The van der Waals surface area contributed by atoms with Crippen LogP contribution in [0, 0.1) is 11.3 Å². The maximum atomic E-state index is 9.05. The van der Waals surface area contributed by atoms with Gasteiger partial charge in [-0.05, 0) is 30.3 Å². The standard InChI is InChI=1S/C15H9ClN4O2/c1-21-12-5-9(7-17)4-10(6-12)14-19-15(22-20-14)13-3-2-11(16)8-18-13/h2-6,8H,1H3. The van der Waals surface area contributed by atoms with E-state index in [9.17, 15) is 0 Å². The van der Waals surface area contributed by atoms with E-state index >= 15 is 0 Å². The summed E-state index contributed by atoms with van der Waals surface area (Å²) in [7, 11) is 1.53. The van der Waals surface area contributed by atoms with Crippen LogP contribution in [0.2, 0.25) is 5.02 Å². The third-order valence-corrected chi connectivity index (χ3v) is 3.13. The van der Waals surface area contributed by atoms with Crippen molar-refractivity contribution < 1.29 is 9.26 Å². The van der Waals surface area contributed by atoms with Gasteiger partial charge in [0.25, 0.3) is 5.89 Å². The molecule has 0 saturated heterocycles. The summed E-state index contributed by atoms with van der Waals surface area (Å²) >= 11 is 5.79. The maximum absolute atomic E-state index is 9.05. The smallest absolute Gasteiger partial charge is 0.276 e. The molecular weight excluding hydrogens is 304 g/mol. The first-order valence-electron chi connectivity index (χ1n) is 6.25. The molecule has 0 aliphatic rings. The predicted octanol–water partition coefficient (Wildman–Crippen LogP) is 3.33. The minimum Gasteiger partial charge on any atom is -0.497 e. The zero-order chi connectivity index (χ0) is 15.5. The molecule has 0 atom stereocenters. The molecule has 3 aromatic rings. The van der Waals surface area contributed by atoms with Crippen molar-refractivity contribution in [3.63, 3.8) is 0 Å². The SMILES string of the molecule is COc1cc(C#N)cc(-c2noc(-c3ccc(Cl)cn3)n2)c1. The molecule has 0 aliphatic carbocycles. The maximum Gasteiger partial charge on any atom is 0.276 e. The normalized spacial score (nSPS) is 10.2. The molecule has 0 aliphatic heterocycles. The molecule has 7 heteroatoms. The highest BCUT2D eigenvalue weighted by molar-refractivity contribution is 6.30. The minimum absolute atomic E-state index is 0.271. The van der Waals surface area contributed by atoms with Crippen LogP contribution in [0.4, 0.5) is 0 Å². The zero-order valence-corrected chi connectivity index (χ0v) is 12.2. The Hall–Kier alpha value is -2.91. The van der Waals surface area contributed by atoms with Gasteiger partial charge in [0.1, 0.15) is 11.4 Å². The van der Waals surface area contributed by atoms with Crippen molar-refractivity contribution in [2.45, 2.75) is 0 Å². The summed E-state index contributed by atoms with van der Waals surface area (Å²) in [4.78, 5) is 8.40. The fourth-order valence-electron chi connectivity index (χ4n) is 1.86. The van der Waals surface area contributed by atoms with E-state index in [1.807, 2.05) is 0 Å². The first-order chi connectivity index (χ1) is 10.7. The monoisotopic (exact) mass is 312 g/mol. The molecule has 6 nitrogen and oxygen atoms in total. The zero-order valence-electron chi connectivity index (χ0n) is 11.4. The molecule has 0 unspecified atom stereocenters. The topological polar surface area (TPSA) is 84.8 Å². The first-order valence-corrected chi connectivity index (χ1v) is 6.62. The summed E-state index contributed by atoms with van der Waals surface area (Å²) in [6.07, 6.45) is 1.50. The Bertz CT molecular complexity index is 853. The number of nitrogens with zero attached hydrogens (tertiary/aromatic N) is 4. The summed E-state index contributed by atoms with van der Waals surface area (Å²) in [5.74, 6) is 1.17. The molecule has 0 spiro atoms. The van der Waals surface area contributed by atoms with Gasteiger partial charge in [0.2, 0.25) is 5.82 Å². The predicted molar refractivity (Wildman–Crippen MR) is 79.2 cm³/mol. The largest absolute Gasteiger partial charge is 0.497 e. The second kappa shape index (κ2) is 5.84. The number of ether oxygens (including phenoxy) is 1. The van der Waals surface area contributed by atoms with Crippen LogP contribution in [0.3, 0.4) is 0 Å².